The maximum absolute atomic E-state index is 4.62. The zero-order chi connectivity index (χ0) is 20.6. The van der Waals surface area contributed by atoms with E-state index in [1.54, 1.807) is 0 Å². The Morgan fingerprint density at radius 2 is 1.77 bits per heavy atom. The van der Waals surface area contributed by atoms with Crippen LogP contribution in [0.1, 0.15) is 37.7 Å². The summed E-state index contributed by atoms with van der Waals surface area (Å²) in [5.74, 6) is 0.800. The smallest absolute Gasteiger partial charge is 0.181 e. The lowest BCUT2D eigenvalue weighted by atomic mass is 9.85. The molecule has 0 atom stereocenters. The normalized spacial score (nSPS) is 15.1. The largest absolute Gasteiger partial charge is 0.353 e. The van der Waals surface area contributed by atoms with Gasteiger partial charge in [0.25, 0.3) is 0 Å². The monoisotopic (exact) mass is 407 g/mol. The molecule has 31 heavy (non-hydrogen) atoms. The predicted octanol–water partition coefficient (Wildman–Crippen LogP) is 6.29. The Morgan fingerprint density at radius 1 is 0.903 bits per heavy atom. The lowest BCUT2D eigenvalue weighted by Crippen LogP contribution is -2.09. The molecule has 0 saturated heterocycles. The maximum atomic E-state index is 4.62. The first-order chi connectivity index (χ1) is 15.3. The van der Waals surface area contributed by atoms with E-state index < -0.39 is 0 Å². The van der Waals surface area contributed by atoms with Crippen LogP contribution in [-0.2, 0) is 6.42 Å². The quantitative estimate of drug-likeness (QED) is 0.368. The molecule has 0 unspecified atom stereocenters. The van der Waals surface area contributed by atoms with E-state index in [4.69, 9.17) is 0 Å². The zero-order valence-corrected chi connectivity index (χ0v) is 17.4. The molecule has 5 heteroatoms. The molecule has 5 nitrogen and oxygen atoms in total. The second kappa shape index (κ2) is 7.65. The van der Waals surface area contributed by atoms with Crippen LogP contribution >= 0.6 is 0 Å². The second-order valence-corrected chi connectivity index (χ2v) is 8.75. The summed E-state index contributed by atoms with van der Waals surface area (Å²) in [6.45, 7) is 0. The van der Waals surface area contributed by atoms with Crippen molar-refractivity contribution in [3.05, 3.63) is 66.6 Å². The Morgan fingerprint density at radius 3 is 2.68 bits per heavy atom. The summed E-state index contributed by atoms with van der Waals surface area (Å²) in [7, 11) is 0. The molecule has 1 aliphatic carbocycles. The van der Waals surface area contributed by atoms with Gasteiger partial charge in [-0.1, -0.05) is 50.3 Å². The highest BCUT2D eigenvalue weighted by Gasteiger charge is 2.16. The molecule has 0 bridgehead atoms. The lowest BCUT2D eigenvalue weighted by Gasteiger charge is -2.21. The molecule has 0 spiro atoms. The van der Waals surface area contributed by atoms with Gasteiger partial charge in [-0.25, -0.2) is 4.98 Å². The number of nitrogens with one attached hydrogen (secondary N) is 2. The summed E-state index contributed by atoms with van der Waals surface area (Å²) >= 11 is 0. The van der Waals surface area contributed by atoms with Crippen molar-refractivity contribution in [1.29, 1.82) is 0 Å². The third-order valence-corrected chi connectivity index (χ3v) is 6.59. The van der Waals surface area contributed by atoms with Crippen molar-refractivity contribution in [2.24, 2.45) is 5.92 Å². The van der Waals surface area contributed by atoms with Crippen molar-refractivity contribution < 1.29 is 0 Å². The Balaban J connectivity index is 1.36. The van der Waals surface area contributed by atoms with Gasteiger partial charge in [0.1, 0.15) is 0 Å². The van der Waals surface area contributed by atoms with Gasteiger partial charge in [0.15, 0.2) is 5.65 Å². The SMILES string of the molecule is c1ccc2[nH]c(-c3[nH]nc4ncc(-c5cncc(CC6CCCCC6)c5)cc34)cc2c1. The van der Waals surface area contributed by atoms with Gasteiger partial charge in [-0.15, -0.1) is 0 Å². The molecule has 4 heterocycles. The van der Waals surface area contributed by atoms with Gasteiger partial charge in [-0.05, 0) is 42.2 Å². The highest BCUT2D eigenvalue weighted by Crippen LogP contribution is 2.32. The van der Waals surface area contributed by atoms with Crippen molar-refractivity contribution in [3.63, 3.8) is 0 Å². The van der Waals surface area contributed by atoms with Crippen molar-refractivity contribution in [2.45, 2.75) is 38.5 Å². The van der Waals surface area contributed by atoms with Gasteiger partial charge in [-0.2, -0.15) is 5.10 Å². The molecular formula is C26H25N5. The fraction of sp³-hybridized carbons (Fsp3) is 0.269. The number of H-pyrrole nitrogens is 2. The minimum absolute atomic E-state index is 0.726. The average Bonchev–Trinajstić information content (AvgIpc) is 3.43. The van der Waals surface area contributed by atoms with Crippen LogP contribution in [-0.4, -0.2) is 25.1 Å². The van der Waals surface area contributed by atoms with E-state index in [0.29, 0.717) is 0 Å². The molecule has 0 amide bonds. The van der Waals surface area contributed by atoms with Crippen LogP contribution < -0.4 is 0 Å². The summed E-state index contributed by atoms with van der Waals surface area (Å²) in [6, 6.07) is 14.9. The maximum Gasteiger partial charge on any atom is 0.181 e. The first-order valence-corrected chi connectivity index (χ1v) is 11.2. The third-order valence-electron chi connectivity index (χ3n) is 6.59. The molecule has 1 fully saturated rings. The topological polar surface area (TPSA) is 70.2 Å². The van der Waals surface area contributed by atoms with Crippen molar-refractivity contribution in [2.75, 3.05) is 0 Å². The van der Waals surface area contributed by atoms with E-state index >= 15 is 0 Å². The Hall–Kier alpha value is -3.47. The van der Waals surface area contributed by atoms with Crippen molar-refractivity contribution >= 4 is 21.9 Å². The number of aromatic amines is 2. The summed E-state index contributed by atoms with van der Waals surface area (Å²) in [4.78, 5) is 12.7. The Kier molecular flexibility index (Phi) is 4.52. The van der Waals surface area contributed by atoms with Crippen LogP contribution in [0.15, 0.2) is 61.1 Å². The fourth-order valence-electron chi connectivity index (χ4n) is 4.95. The standard InChI is InChI=1S/C26H25N5/c1-2-6-17(7-3-1)10-18-11-20(15-27-14-18)21-12-22-25(30-31-26(22)28-16-21)24-13-19-8-4-5-9-23(19)29-24/h4-5,8-9,11-17,29H,1-3,6-7,10H2,(H,28,30,31). The minimum atomic E-state index is 0.726. The summed E-state index contributed by atoms with van der Waals surface area (Å²) in [5, 5.41) is 9.80. The van der Waals surface area contributed by atoms with E-state index in [2.05, 4.69) is 61.5 Å². The van der Waals surface area contributed by atoms with E-state index in [0.717, 1.165) is 51.4 Å². The second-order valence-electron chi connectivity index (χ2n) is 8.75. The van der Waals surface area contributed by atoms with Gasteiger partial charge in [0.2, 0.25) is 0 Å². The molecule has 1 aliphatic rings. The van der Waals surface area contributed by atoms with Crippen LogP contribution in [0.25, 0.3) is 44.5 Å². The number of fused-ring (bicyclic) bond motifs is 2. The Bertz CT molecular complexity index is 1320. The summed E-state index contributed by atoms with van der Waals surface area (Å²) < 4.78 is 0. The molecule has 2 N–H and O–H groups in total. The van der Waals surface area contributed by atoms with E-state index in [1.165, 1.54) is 43.1 Å². The number of nitrogens with zero attached hydrogens (tertiary/aromatic N) is 3. The molecule has 5 aromatic rings. The van der Waals surface area contributed by atoms with Crippen LogP contribution in [0.4, 0.5) is 0 Å². The molecule has 4 aromatic heterocycles. The molecule has 6 rings (SSSR count). The molecule has 154 valence electrons. The molecule has 1 saturated carbocycles. The number of hydrogen-bond acceptors (Lipinski definition) is 3. The first kappa shape index (κ1) is 18.3. The first-order valence-electron chi connectivity index (χ1n) is 11.2. The van der Waals surface area contributed by atoms with E-state index in [9.17, 15) is 0 Å². The predicted molar refractivity (Wildman–Crippen MR) is 125 cm³/mol. The lowest BCUT2D eigenvalue weighted by molar-refractivity contribution is 0.356. The van der Waals surface area contributed by atoms with Crippen LogP contribution in [0.2, 0.25) is 0 Å². The van der Waals surface area contributed by atoms with Crippen LogP contribution in [0.5, 0.6) is 0 Å². The van der Waals surface area contributed by atoms with Gasteiger partial charge >= 0.3 is 0 Å². The average molecular weight is 408 g/mol. The summed E-state index contributed by atoms with van der Waals surface area (Å²) in [5.41, 5.74) is 7.34. The van der Waals surface area contributed by atoms with E-state index in [1.807, 2.05) is 24.7 Å². The van der Waals surface area contributed by atoms with Crippen LogP contribution in [0, 0.1) is 5.92 Å². The number of aromatic nitrogens is 5. The Labute approximate surface area is 181 Å². The fourth-order valence-corrected chi connectivity index (χ4v) is 4.95. The third kappa shape index (κ3) is 3.50. The zero-order valence-electron chi connectivity index (χ0n) is 17.4. The van der Waals surface area contributed by atoms with Gasteiger partial charge in [0, 0.05) is 46.0 Å². The van der Waals surface area contributed by atoms with E-state index in [-0.39, 0.29) is 0 Å². The molecule has 1 aromatic carbocycles. The van der Waals surface area contributed by atoms with Crippen molar-refractivity contribution in [3.8, 4) is 22.5 Å². The number of pyridine rings is 2. The molecule has 0 radical (unpaired) electrons. The number of hydrogen-bond donors (Lipinski definition) is 2. The number of benzene rings is 1. The van der Waals surface area contributed by atoms with Gasteiger partial charge < -0.3 is 4.98 Å². The number of rotatable bonds is 4. The minimum Gasteiger partial charge on any atom is -0.353 e. The highest BCUT2D eigenvalue weighted by atomic mass is 15.2. The van der Waals surface area contributed by atoms with Gasteiger partial charge in [0.05, 0.1) is 11.4 Å². The number of para-hydroxylation sites is 1. The highest BCUT2D eigenvalue weighted by molar-refractivity contribution is 5.95. The van der Waals surface area contributed by atoms with Gasteiger partial charge in [-0.3, -0.25) is 10.1 Å². The molecular weight excluding hydrogens is 382 g/mol. The summed E-state index contributed by atoms with van der Waals surface area (Å²) in [6.07, 6.45) is 13.8. The van der Waals surface area contributed by atoms with Crippen LogP contribution in [0.3, 0.4) is 0 Å². The van der Waals surface area contributed by atoms with Crippen molar-refractivity contribution in [1.82, 2.24) is 25.1 Å². The molecule has 0 aliphatic heterocycles.